The zero-order chi connectivity index (χ0) is 20.2. The van der Waals surface area contributed by atoms with Gasteiger partial charge in [-0.1, -0.05) is 30.3 Å². The lowest BCUT2D eigenvalue weighted by molar-refractivity contribution is -0.129. The number of allylic oxidation sites excluding steroid dienone is 1. The van der Waals surface area contributed by atoms with Crippen LogP contribution < -0.4 is 0 Å². The van der Waals surface area contributed by atoms with Crippen molar-refractivity contribution in [2.24, 2.45) is 0 Å². The highest BCUT2D eigenvalue weighted by Gasteiger charge is 2.42. The van der Waals surface area contributed by atoms with Gasteiger partial charge in [0.1, 0.15) is 5.76 Å². The van der Waals surface area contributed by atoms with Gasteiger partial charge < -0.3 is 19.3 Å². The molecule has 2 aliphatic rings. The van der Waals surface area contributed by atoms with Gasteiger partial charge in [0.25, 0.3) is 5.91 Å². The summed E-state index contributed by atoms with van der Waals surface area (Å²) in [5.74, 6) is -0.822. The second-order valence-corrected chi connectivity index (χ2v) is 7.34. The Morgan fingerprint density at radius 1 is 1.10 bits per heavy atom. The van der Waals surface area contributed by atoms with E-state index in [1.807, 2.05) is 30.3 Å². The zero-order valence-corrected chi connectivity index (χ0v) is 16.2. The van der Waals surface area contributed by atoms with Gasteiger partial charge in [0.05, 0.1) is 17.9 Å². The van der Waals surface area contributed by atoms with E-state index >= 15 is 0 Å². The maximum atomic E-state index is 13.0. The molecule has 2 aromatic rings. The van der Waals surface area contributed by atoms with Crippen molar-refractivity contribution in [3.63, 3.8) is 0 Å². The van der Waals surface area contributed by atoms with Crippen molar-refractivity contribution in [1.29, 1.82) is 0 Å². The number of rotatable bonds is 7. The molecule has 1 fully saturated rings. The highest BCUT2D eigenvalue weighted by molar-refractivity contribution is 6.14. The van der Waals surface area contributed by atoms with Crippen molar-refractivity contribution in [2.75, 3.05) is 26.2 Å². The second-order valence-electron chi connectivity index (χ2n) is 7.34. The van der Waals surface area contributed by atoms with Gasteiger partial charge >= 0.3 is 0 Å². The monoisotopic (exact) mass is 392 g/mol. The molecule has 150 valence electrons. The molecule has 29 heavy (non-hydrogen) atoms. The highest BCUT2D eigenvalue weighted by Crippen LogP contribution is 2.37. The maximum Gasteiger partial charge on any atom is 0.290 e. The van der Waals surface area contributed by atoms with Crippen molar-refractivity contribution in [3.8, 4) is 0 Å². The number of furan rings is 1. The number of aliphatic hydroxyl groups excluding tert-OH is 1. The molecule has 6 heteroatoms. The first-order chi connectivity index (χ1) is 14.1. The molecule has 1 atom stereocenters. The molecule has 0 saturated carbocycles. The van der Waals surface area contributed by atoms with E-state index in [0.29, 0.717) is 12.3 Å². The average molecular weight is 392 g/mol. The van der Waals surface area contributed by atoms with Crippen LogP contribution in [0.15, 0.2) is 70.6 Å². The number of hydrogen-bond donors (Lipinski definition) is 1. The van der Waals surface area contributed by atoms with Crippen molar-refractivity contribution in [3.05, 3.63) is 77.5 Å². The van der Waals surface area contributed by atoms with E-state index in [1.165, 1.54) is 25.2 Å². The Labute approximate surface area is 169 Å². The second kappa shape index (κ2) is 8.49. The molecule has 6 nitrogen and oxygen atoms in total. The smallest absolute Gasteiger partial charge is 0.290 e. The molecule has 0 aliphatic carbocycles. The third-order valence-corrected chi connectivity index (χ3v) is 5.48. The third-order valence-electron chi connectivity index (χ3n) is 5.48. The molecule has 3 heterocycles. The SMILES string of the molecule is O=C(/C=C/c1ccco1)C1=C(O)C(=O)N(CCN2CCCC2)C1c1ccccc1. The predicted molar refractivity (Wildman–Crippen MR) is 109 cm³/mol. The van der Waals surface area contributed by atoms with Crippen LogP contribution in [0.3, 0.4) is 0 Å². The van der Waals surface area contributed by atoms with E-state index in [1.54, 1.807) is 23.1 Å². The predicted octanol–water partition coefficient (Wildman–Crippen LogP) is 3.35. The fourth-order valence-electron chi connectivity index (χ4n) is 4.01. The summed E-state index contributed by atoms with van der Waals surface area (Å²) in [7, 11) is 0. The number of ketones is 1. The molecule has 2 aliphatic heterocycles. The summed E-state index contributed by atoms with van der Waals surface area (Å²) in [5.41, 5.74) is 0.923. The van der Waals surface area contributed by atoms with Crippen molar-refractivity contribution >= 4 is 17.8 Å². The standard InChI is InChI=1S/C23H24N2O4/c26-19(11-10-18-9-6-16-29-18)20-21(17-7-2-1-3-8-17)25(23(28)22(20)27)15-14-24-12-4-5-13-24/h1-3,6-11,16,21,27H,4-5,12-15H2/b11-10+. The molecular formula is C23H24N2O4. The van der Waals surface area contributed by atoms with Crippen LogP contribution in [0.25, 0.3) is 6.08 Å². The minimum atomic E-state index is -0.597. The first-order valence-corrected chi connectivity index (χ1v) is 9.92. The molecule has 4 rings (SSSR count). The fourth-order valence-corrected chi connectivity index (χ4v) is 4.01. The fraction of sp³-hybridized carbons (Fsp3) is 0.304. The Kier molecular flexibility index (Phi) is 5.62. The van der Waals surface area contributed by atoms with Crippen molar-refractivity contribution < 1.29 is 19.1 Å². The number of likely N-dealkylation sites (tertiary alicyclic amines) is 1. The van der Waals surface area contributed by atoms with Gasteiger partial charge in [-0.15, -0.1) is 0 Å². The number of nitrogens with zero attached hydrogens (tertiary/aromatic N) is 2. The van der Waals surface area contributed by atoms with E-state index < -0.39 is 23.5 Å². The lowest BCUT2D eigenvalue weighted by Crippen LogP contribution is -2.37. The Morgan fingerprint density at radius 3 is 2.55 bits per heavy atom. The van der Waals surface area contributed by atoms with Crippen LogP contribution in [0, 0.1) is 0 Å². The first kappa shape index (κ1) is 19.2. The molecule has 0 spiro atoms. The molecule has 1 amide bonds. The number of carbonyl (C=O) groups is 2. The minimum Gasteiger partial charge on any atom is -0.503 e. The summed E-state index contributed by atoms with van der Waals surface area (Å²) >= 11 is 0. The van der Waals surface area contributed by atoms with E-state index in [-0.39, 0.29) is 5.57 Å². The quantitative estimate of drug-likeness (QED) is 0.732. The summed E-state index contributed by atoms with van der Waals surface area (Å²) in [6.45, 7) is 3.23. The number of hydrogen-bond acceptors (Lipinski definition) is 5. The van der Waals surface area contributed by atoms with E-state index in [9.17, 15) is 14.7 Å². The summed E-state index contributed by atoms with van der Waals surface area (Å²) in [4.78, 5) is 29.7. The summed E-state index contributed by atoms with van der Waals surface area (Å²) < 4.78 is 5.22. The van der Waals surface area contributed by atoms with Crippen LogP contribution in [-0.2, 0) is 9.59 Å². The van der Waals surface area contributed by atoms with Gasteiger partial charge in [0, 0.05) is 13.1 Å². The van der Waals surface area contributed by atoms with Gasteiger partial charge in [-0.25, -0.2) is 0 Å². The van der Waals surface area contributed by atoms with Crippen LogP contribution in [0.1, 0.15) is 30.2 Å². The van der Waals surface area contributed by atoms with E-state index in [4.69, 9.17) is 4.42 Å². The number of carbonyl (C=O) groups excluding carboxylic acids is 2. The van der Waals surface area contributed by atoms with Gasteiger partial charge in [0.15, 0.2) is 11.5 Å². The Hall–Kier alpha value is -3.12. The maximum absolute atomic E-state index is 13.0. The van der Waals surface area contributed by atoms with Crippen LogP contribution in [0.5, 0.6) is 0 Å². The third kappa shape index (κ3) is 4.03. The number of benzene rings is 1. The number of amides is 1. The van der Waals surface area contributed by atoms with Crippen LogP contribution in [0.4, 0.5) is 0 Å². The molecule has 1 saturated heterocycles. The molecule has 1 aromatic heterocycles. The minimum absolute atomic E-state index is 0.116. The van der Waals surface area contributed by atoms with Crippen LogP contribution >= 0.6 is 0 Å². The van der Waals surface area contributed by atoms with Gasteiger partial charge in [0.2, 0.25) is 0 Å². The van der Waals surface area contributed by atoms with Crippen LogP contribution in [0.2, 0.25) is 0 Å². The summed E-state index contributed by atoms with van der Waals surface area (Å²) in [6, 6.07) is 12.2. The van der Waals surface area contributed by atoms with Gasteiger partial charge in [-0.3, -0.25) is 9.59 Å². The molecule has 1 aromatic carbocycles. The lowest BCUT2D eigenvalue weighted by Gasteiger charge is -2.28. The van der Waals surface area contributed by atoms with Gasteiger partial charge in [-0.05, 0) is 55.8 Å². The highest BCUT2D eigenvalue weighted by atomic mass is 16.3. The molecular weight excluding hydrogens is 368 g/mol. The molecule has 0 bridgehead atoms. The van der Waals surface area contributed by atoms with Crippen LogP contribution in [-0.4, -0.2) is 52.8 Å². The Balaban J connectivity index is 1.62. The van der Waals surface area contributed by atoms with Crippen molar-refractivity contribution in [1.82, 2.24) is 9.80 Å². The Bertz CT molecular complexity index is 925. The number of aliphatic hydroxyl groups is 1. The summed E-state index contributed by atoms with van der Waals surface area (Å²) in [6.07, 6.45) is 6.74. The lowest BCUT2D eigenvalue weighted by atomic mass is 9.96. The van der Waals surface area contributed by atoms with E-state index in [0.717, 1.165) is 25.2 Å². The normalized spacial score (nSPS) is 20.3. The van der Waals surface area contributed by atoms with Gasteiger partial charge in [-0.2, -0.15) is 0 Å². The zero-order valence-electron chi connectivity index (χ0n) is 16.2. The van der Waals surface area contributed by atoms with Crippen molar-refractivity contribution in [2.45, 2.75) is 18.9 Å². The average Bonchev–Trinajstić information content (AvgIpc) is 3.49. The molecule has 0 radical (unpaired) electrons. The molecule has 1 N–H and O–H groups in total. The first-order valence-electron chi connectivity index (χ1n) is 9.92. The topological polar surface area (TPSA) is 74.0 Å². The molecule has 1 unspecified atom stereocenters. The Morgan fingerprint density at radius 2 is 1.86 bits per heavy atom. The summed E-state index contributed by atoms with van der Waals surface area (Å²) in [5, 5.41) is 10.6. The largest absolute Gasteiger partial charge is 0.503 e. The van der Waals surface area contributed by atoms with E-state index in [2.05, 4.69) is 4.90 Å².